The molecule has 0 aromatic heterocycles. The molecule has 0 fully saturated rings. The van der Waals surface area contributed by atoms with Gasteiger partial charge < -0.3 is 0 Å². The Balaban J connectivity index is 2.44. The molecule has 4 nitrogen and oxygen atoms in total. The van der Waals surface area contributed by atoms with Crippen LogP contribution in [0.4, 0.5) is 10.1 Å². The largest absolute Gasteiger partial charge is 0.279 e. The predicted octanol–water partition coefficient (Wildman–Crippen LogP) is 2.81. The molecule has 0 saturated heterocycles. The van der Waals surface area contributed by atoms with Crippen LogP contribution in [-0.4, -0.2) is 8.42 Å². The number of sulfonamides is 1. The molecule has 0 bridgehead atoms. The number of aryl methyl sites for hydroxylation is 1. The molecule has 0 spiro atoms. The molecule has 0 atom stereocenters. The monoisotopic (exact) mass is 290 g/mol. The van der Waals surface area contributed by atoms with E-state index in [4.69, 9.17) is 5.26 Å². The summed E-state index contributed by atoms with van der Waals surface area (Å²) >= 11 is 0. The molecule has 1 N–H and O–H groups in total. The highest BCUT2D eigenvalue weighted by atomic mass is 32.2. The molecule has 2 rings (SSSR count). The van der Waals surface area contributed by atoms with Gasteiger partial charge in [0.1, 0.15) is 10.7 Å². The summed E-state index contributed by atoms with van der Waals surface area (Å²) in [7, 11) is -4.03. The van der Waals surface area contributed by atoms with Gasteiger partial charge >= 0.3 is 0 Å². The first-order valence-electron chi connectivity index (χ1n) is 5.72. The van der Waals surface area contributed by atoms with E-state index in [0.29, 0.717) is 11.1 Å². The van der Waals surface area contributed by atoms with E-state index in [2.05, 4.69) is 4.72 Å². The normalized spacial score (nSPS) is 10.8. The lowest BCUT2D eigenvalue weighted by molar-refractivity contribution is 0.570. The number of nitrogens with zero attached hydrogens (tertiary/aromatic N) is 1. The van der Waals surface area contributed by atoms with Gasteiger partial charge in [-0.3, -0.25) is 4.72 Å². The van der Waals surface area contributed by atoms with Gasteiger partial charge in [0.2, 0.25) is 0 Å². The minimum atomic E-state index is -4.03. The molecule has 0 unspecified atom stereocenters. The Morgan fingerprint density at radius 1 is 1.20 bits per heavy atom. The highest BCUT2D eigenvalue weighted by Crippen LogP contribution is 2.22. The van der Waals surface area contributed by atoms with Crippen molar-refractivity contribution in [2.75, 3.05) is 4.72 Å². The van der Waals surface area contributed by atoms with Crippen LogP contribution >= 0.6 is 0 Å². The summed E-state index contributed by atoms with van der Waals surface area (Å²) in [6, 6.07) is 11.6. The molecule has 2 aromatic rings. The minimum absolute atomic E-state index is 0.257. The average molecular weight is 290 g/mol. The van der Waals surface area contributed by atoms with Gasteiger partial charge in [0.05, 0.1) is 17.3 Å². The van der Waals surface area contributed by atoms with E-state index < -0.39 is 20.7 Å². The van der Waals surface area contributed by atoms with Crippen molar-refractivity contribution in [2.24, 2.45) is 0 Å². The minimum Gasteiger partial charge on any atom is -0.279 e. The van der Waals surface area contributed by atoms with Crippen LogP contribution in [0, 0.1) is 24.1 Å². The van der Waals surface area contributed by atoms with Crippen LogP contribution in [0.5, 0.6) is 0 Å². The Morgan fingerprint density at radius 2 is 1.90 bits per heavy atom. The highest BCUT2D eigenvalue weighted by molar-refractivity contribution is 7.92. The fourth-order valence-electron chi connectivity index (χ4n) is 1.66. The number of hydrogen-bond acceptors (Lipinski definition) is 3. The fourth-order valence-corrected chi connectivity index (χ4v) is 2.87. The molecular formula is C14H11FN2O2S. The van der Waals surface area contributed by atoms with Crippen LogP contribution in [-0.2, 0) is 10.0 Å². The maximum absolute atomic E-state index is 13.6. The van der Waals surface area contributed by atoms with Crippen LogP contribution < -0.4 is 4.72 Å². The number of rotatable bonds is 3. The van der Waals surface area contributed by atoms with Crippen LogP contribution in [0.3, 0.4) is 0 Å². The van der Waals surface area contributed by atoms with Crippen LogP contribution in [0.1, 0.15) is 11.1 Å². The Hall–Kier alpha value is -2.39. The third-order valence-electron chi connectivity index (χ3n) is 2.74. The lowest BCUT2D eigenvalue weighted by Crippen LogP contribution is -2.15. The zero-order valence-corrected chi connectivity index (χ0v) is 11.4. The molecule has 0 aliphatic rings. The smallest absolute Gasteiger partial charge is 0.264 e. The van der Waals surface area contributed by atoms with Gasteiger partial charge in [0.15, 0.2) is 0 Å². The van der Waals surface area contributed by atoms with Gasteiger partial charge in [0.25, 0.3) is 10.0 Å². The molecule has 102 valence electrons. The molecule has 0 amide bonds. The Kier molecular flexibility index (Phi) is 3.72. The summed E-state index contributed by atoms with van der Waals surface area (Å²) in [4.78, 5) is -0.429. The van der Waals surface area contributed by atoms with Gasteiger partial charge in [0, 0.05) is 0 Å². The topological polar surface area (TPSA) is 70.0 Å². The summed E-state index contributed by atoms with van der Waals surface area (Å²) in [6.45, 7) is 1.69. The van der Waals surface area contributed by atoms with Gasteiger partial charge in [-0.1, -0.05) is 18.2 Å². The molecule has 20 heavy (non-hydrogen) atoms. The molecule has 0 aliphatic carbocycles. The number of halogens is 1. The Bertz CT molecular complexity index is 795. The Labute approximate surface area is 116 Å². The molecule has 0 saturated carbocycles. The highest BCUT2D eigenvalue weighted by Gasteiger charge is 2.19. The molecular weight excluding hydrogens is 279 g/mol. The second kappa shape index (κ2) is 5.31. The van der Waals surface area contributed by atoms with E-state index in [-0.39, 0.29) is 5.69 Å². The molecule has 0 heterocycles. The van der Waals surface area contributed by atoms with Gasteiger partial charge in [-0.2, -0.15) is 5.26 Å². The van der Waals surface area contributed by atoms with Crippen molar-refractivity contribution in [3.63, 3.8) is 0 Å². The average Bonchev–Trinajstić information content (AvgIpc) is 2.41. The second-order valence-electron chi connectivity index (χ2n) is 4.18. The summed E-state index contributed by atoms with van der Waals surface area (Å²) < 4.78 is 40.1. The van der Waals surface area contributed by atoms with E-state index in [0.717, 1.165) is 6.07 Å². The third-order valence-corrected chi connectivity index (χ3v) is 4.14. The lowest BCUT2D eigenvalue weighted by Gasteiger charge is -2.11. The van der Waals surface area contributed by atoms with E-state index in [1.165, 1.54) is 24.3 Å². The number of nitriles is 1. The van der Waals surface area contributed by atoms with Crippen molar-refractivity contribution in [3.05, 3.63) is 59.4 Å². The second-order valence-corrected chi connectivity index (χ2v) is 5.83. The predicted molar refractivity (Wildman–Crippen MR) is 73.1 cm³/mol. The van der Waals surface area contributed by atoms with E-state index in [1.807, 2.05) is 6.07 Å². The van der Waals surface area contributed by atoms with Crippen molar-refractivity contribution < 1.29 is 12.8 Å². The van der Waals surface area contributed by atoms with E-state index in [9.17, 15) is 12.8 Å². The molecule has 0 aliphatic heterocycles. The number of nitrogens with one attached hydrogen (secondary N) is 1. The zero-order valence-electron chi connectivity index (χ0n) is 10.6. The van der Waals surface area contributed by atoms with Gasteiger partial charge in [-0.15, -0.1) is 0 Å². The van der Waals surface area contributed by atoms with E-state index in [1.54, 1.807) is 19.1 Å². The van der Waals surface area contributed by atoms with Crippen molar-refractivity contribution in [2.45, 2.75) is 11.8 Å². The van der Waals surface area contributed by atoms with Crippen molar-refractivity contribution in [3.8, 4) is 6.07 Å². The SMILES string of the molecule is Cc1ccc(C#N)cc1NS(=O)(=O)c1ccccc1F. The summed E-state index contributed by atoms with van der Waals surface area (Å²) in [5, 5.41) is 8.83. The first kappa shape index (κ1) is 14.0. The maximum atomic E-state index is 13.6. The Morgan fingerprint density at radius 3 is 2.55 bits per heavy atom. The van der Waals surface area contributed by atoms with Crippen LogP contribution in [0.2, 0.25) is 0 Å². The molecule has 6 heteroatoms. The standard InChI is InChI=1S/C14H11FN2O2S/c1-10-6-7-11(9-16)8-13(10)17-20(18,19)14-5-3-2-4-12(14)15/h2-8,17H,1H3. The zero-order chi connectivity index (χ0) is 14.8. The number of anilines is 1. The lowest BCUT2D eigenvalue weighted by atomic mass is 10.1. The van der Waals surface area contributed by atoms with E-state index >= 15 is 0 Å². The maximum Gasteiger partial charge on any atom is 0.264 e. The quantitative estimate of drug-likeness (QED) is 0.945. The molecule has 0 radical (unpaired) electrons. The van der Waals surface area contributed by atoms with Gasteiger partial charge in [-0.05, 0) is 36.8 Å². The van der Waals surface area contributed by atoms with Gasteiger partial charge in [-0.25, -0.2) is 12.8 Å². The molecule has 2 aromatic carbocycles. The van der Waals surface area contributed by atoms with Crippen LogP contribution in [0.15, 0.2) is 47.4 Å². The van der Waals surface area contributed by atoms with Crippen LogP contribution in [0.25, 0.3) is 0 Å². The number of hydrogen-bond donors (Lipinski definition) is 1. The van der Waals surface area contributed by atoms with Crippen molar-refractivity contribution in [1.29, 1.82) is 5.26 Å². The fraction of sp³-hybridized carbons (Fsp3) is 0.0714. The summed E-state index contributed by atoms with van der Waals surface area (Å²) in [5.74, 6) is -0.825. The van der Waals surface area contributed by atoms with Crippen molar-refractivity contribution in [1.82, 2.24) is 0 Å². The van der Waals surface area contributed by atoms with Crippen molar-refractivity contribution >= 4 is 15.7 Å². The first-order valence-corrected chi connectivity index (χ1v) is 7.20. The summed E-state index contributed by atoms with van der Waals surface area (Å²) in [5.41, 5.74) is 1.22. The third kappa shape index (κ3) is 2.78. The summed E-state index contributed by atoms with van der Waals surface area (Å²) in [6.07, 6.45) is 0. The first-order chi connectivity index (χ1) is 9.44. The number of benzene rings is 2.